The van der Waals surface area contributed by atoms with Crippen molar-refractivity contribution < 1.29 is 9.21 Å². The van der Waals surface area contributed by atoms with Crippen molar-refractivity contribution in [2.75, 3.05) is 32.7 Å². The summed E-state index contributed by atoms with van der Waals surface area (Å²) in [6, 6.07) is 0. The molecule has 2 N–H and O–H groups in total. The zero-order valence-corrected chi connectivity index (χ0v) is 17.4. The smallest absolute Gasteiger partial charge is 0.273 e. The Morgan fingerprint density at radius 1 is 1.23 bits per heavy atom. The molecule has 0 bridgehead atoms. The molecule has 146 valence electrons. The fourth-order valence-corrected chi connectivity index (χ4v) is 3.50. The first kappa shape index (κ1) is 22.9. The quantitative estimate of drug-likeness (QED) is 0.794. The number of aromatic nitrogens is 2. The van der Waals surface area contributed by atoms with E-state index >= 15 is 0 Å². The summed E-state index contributed by atoms with van der Waals surface area (Å²) in [5.41, 5.74) is 7.01. The van der Waals surface area contributed by atoms with E-state index in [4.69, 9.17) is 10.2 Å². The lowest BCUT2D eigenvalue weighted by Gasteiger charge is -2.33. The zero-order valence-electron chi connectivity index (χ0n) is 14.9. The van der Waals surface area contributed by atoms with Crippen LogP contribution in [0.5, 0.6) is 0 Å². The van der Waals surface area contributed by atoms with E-state index in [0.29, 0.717) is 31.9 Å². The Bertz CT molecular complexity index is 694. The Labute approximate surface area is 169 Å². The van der Waals surface area contributed by atoms with Crippen molar-refractivity contribution in [1.29, 1.82) is 0 Å². The third-order valence-electron chi connectivity index (χ3n) is 4.22. The maximum absolute atomic E-state index is 12.5. The average Bonchev–Trinajstić information content (AvgIpc) is 3.15. The molecule has 3 rings (SSSR count). The van der Waals surface area contributed by atoms with Gasteiger partial charge in [-0.25, -0.2) is 9.97 Å². The first-order chi connectivity index (χ1) is 11.6. The zero-order chi connectivity index (χ0) is 17.1. The molecule has 1 fully saturated rings. The summed E-state index contributed by atoms with van der Waals surface area (Å²) in [6.07, 6.45) is 0.723. The van der Waals surface area contributed by atoms with Crippen LogP contribution in [0.4, 0.5) is 0 Å². The number of halogens is 2. The van der Waals surface area contributed by atoms with Gasteiger partial charge in [0, 0.05) is 38.0 Å². The van der Waals surface area contributed by atoms with Crippen molar-refractivity contribution >= 4 is 42.1 Å². The molecule has 10 heteroatoms. The molecule has 0 atom stereocenters. The third kappa shape index (κ3) is 5.40. The van der Waals surface area contributed by atoms with Gasteiger partial charge >= 0.3 is 0 Å². The average molecular weight is 422 g/mol. The Balaban J connectivity index is 0.00000169. The van der Waals surface area contributed by atoms with E-state index in [1.54, 1.807) is 0 Å². The number of nitrogens with zero attached hydrogens (tertiary/aromatic N) is 4. The van der Waals surface area contributed by atoms with Crippen LogP contribution in [-0.4, -0.2) is 58.4 Å². The summed E-state index contributed by atoms with van der Waals surface area (Å²) in [7, 11) is 0. The van der Waals surface area contributed by atoms with Crippen LogP contribution in [0.15, 0.2) is 9.80 Å². The number of hydrogen-bond acceptors (Lipinski definition) is 7. The highest BCUT2D eigenvalue weighted by molar-refractivity contribution is 7.09. The normalized spacial score (nSPS) is 14.7. The van der Waals surface area contributed by atoms with Crippen LogP contribution in [0.25, 0.3) is 0 Å². The van der Waals surface area contributed by atoms with E-state index in [2.05, 4.69) is 14.9 Å². The Kier molecular flexibility index (Phi) is 8.99. The van der Waals surface area contributed by atoms with Gasteiger partial charge in [0.1, 0.15) is 11.5 Å². The van der Waals surface area contributed by atoms with Crippen LogP contribution < -0.4 is 5.73 Å². The van der Waals surface area contributed by atoms with Gasteiger partial charge in [0.05, 0.1) is 17.2 Å². The van der Waals surface area contributed by atoms with Gasteiger partial charge in [-0.05, 0) is 20.4 Å². The lowest BCUT2D eigenvalue weighted by atomic mass is 10.3. The molecule has 2 aromatic heterocycles. The second-order valence-electron chi connectivity index (χ2n) is 5.98. The number of piperazine rings is 1. The Morgan fingerprint density at radius 2 is 1.92 bits per heavy atom. The second-order valence-corrected chi connectivity index (χ2v) is 6.93. The highest BCUT2D eigenvalue weighted by Crippen LogP contribution is 2.15. The van der Waals surface area contributed by atoms with Gasteiger partial charge in [-0.15, -0.1) is 36.2 Å². The Morgan fingerprint density at radius 3 is 2.50 bits per heavy atom. The number of carbonyl (C=O) groups is 1. The van der Waals surface area contributed by atoms with Gasteiger partial charge in [-0.2, -0.15) is 0 Å². The molecule has 0 spiro atoms. The maximum Gasteiger partial charge on any atom is 0.273 e. The topological polar surface area (TPSA) is 88.5 Å². The summed E-state index contributed by atoms with van der Waals surface area (Å²) in [5.74, 6) is 1.63. The first-order valence-electron chi connectivity index (χ1n) is 8.16. The van der Waals surface area contributed by atoms with E-state index in [1.165, 1.54) is 11.3 Å². The molecule has 3 heterocycles. The van der Waals surface area contributed by atoms with Crippen molar-refractivity contribution in [1.82, 2.24) is 19.8 Å². The monoisotopic (exact) mass is 421 g/mol. The molecule has 0 aromatic carbocycles. The number of hydrogen-bond donors (Lipinski definition) is 1. The van der Waals surface area contributed by atoms with Crippen LogP contribution in [0.3, 0.4) is 0 Å². The number of rotatable bonds is 5. The van der Waals surface area contributed by atoms with Gasteiger partial charge in [0.2, 0.25) is 5.89 Å². The van der Waals surface area contributed by atoms with Gasteiger partial charge < -0.3 is 15.1 Å². The van der Waals surface area contributed by atoms with Gasteiger partial charge in [0.25, 0.3) is 5.91 Å². The molecule has 1 aliphatic heterocycles. The predicted octanol–water partition coefficient (Wildman–Crippen LogP) is 2.05. The van der Waals surface area contributed by atoms with Crippen molar-refractivity contribution in [2.45, 2.75) is 26.8 Å². The summed E-state index contributed by atoms with van der Waals surface area (Å²) in [4.78, 5) is 25.4. The highest BCUT2D eigenvalue weighted by atomic mass is 35.5. The molecule has 7 nitrogen and oxygen atoms in total. The largest absolute Gasteiger partial charge is 0.444 e. The fourth-order valence-electron chi connectivity index (χ4n) is 2.72. The molecule has 26 heavy (non-hydrogen) atoms. The van der Waals surface area contributed by atoms with Crippen LogP contribution in [0.2, 0.25) is 0 Å². The van der Waals surface area contributed by atoms with Gasteiger partial charge in [-0.1, -0.05) is 0 Å². The summed E-state index contributed by atoms with van der Waals surface area (Å²) in [5, 5.41) is 2.76. The predicted molar refractivity (Wildman–Crippen MR) is 107 cm³/mol. The molecule has 1 amide bonds. The summed E-state index contributed by atoms with van der Waals surface area (Å²) >= 11 is 1.50. The molecule has 1 aliphatic rings. The van der Waals surface area contributed by atoms with E-state index in [1.807, 2.05) is 24.1 Å². The number of nitrogens with two attached hydrogens (primary N) is 1. The lowest BCUT2D eigenvalue weighted by Crippen LogP contribution is -2.48. The lowest BCUT2D eigenvalue weighted by molar-refractivity contribution is 0.0612. The molecule has 2 aromatic rings. The first-order valence-corrected chi connectivity index (χ1v) is 9.04. The fraction of sp³-hybridized carbons (Fsp3) is 0.562. The molecule has 0 radical (unpaired) electrons. The van der Waals surface area contributed by atoms with Crippen molar-refractivity contribution in [2.24, 2.45) is 5.73 Å². The van der Waals surface area contributed by atoms with Crippen molar-refractivity contribution in [3.8, 4) is 0 Å². The minimum atomic E-state index is 0. The minimum absolute atomic E-state index is 0. The second kappa shape index (κ2) is 10.2. The van der Waals surface area contributed by atoms with E-state index in [0.717, 1.165) is 41.9 Å². The Hall–Kier alpha value is -1.19. The van der Waals surface area contributed by atoms with Crippen LogP contribution in [-0.2, 0) is 13.0 Å². The van der Waals surface area contributed by atoms with Crippen LogP contribution in [0.1, 0.15) is 32.8 Å². The van der Waals surface area contributed by atoms with Crippen molar-refractivity contribution in [3.05, 3.63) is 33.4 Å². The minimum Gasteiger partial charge on any atom is -0.444 e. The van der Waals surface area contributed by atoms with Gasteiger partial charge in [-0.3, -0.25) is 9.69 Å². The van der Waals surface area contributed by atoms with Crippen LogP contribution in [0, 0.1) is 13.8 Å². The van der Waals surface area contributed by atoms with E-state index < -0.39 is 0 Å². The maximum atomic E-state index is 12.5. The molecular weight excluding hydrogens is 397 g/mol. The number of amides is 1. The van der Waals surface area contributed by atoms with Gasteiger partial charge in [0.15, 0.2) is 0 Å². The van der Waals surface area contributed by atoms with Crippen LogP contribution >= 0.6 is 36.2 Å². The molecule has 0 unspecified atom stereocenters. The molecular formula is C16H25Cl2N5O2S. The molecule has 1 saturated heterocycles. The van der Waals surface area contributed by atoms with Crippen molar-refractivity contribution in [3.63, 3.8) is 0 Å². The number of oxazole rings is 1. The SMILES string of the molecule is Cc1nc(CN2CCN(C(=O)c3csc(CCN)n3)CC2)oc1C.Cl.Cl. The standard InChI is InChI=1S/C16H23N5O2S.2ClH/c1-11-12(2)23-14(18-11)9-20-5-7-21(8-6-20)16(22)13-10-24-15(19-13)3-4-17;;/h10H,3-9,17H2,1-2H3;2*1H. The van der Waals surface area contributed by atoms with E-state index in [9.17, 15) is 4.79 Å². The number of carbonyl (C=O) groups excluding carboxylic acids is 1. The molecule has 0 aliphatic carbocycles. The number of aryl methyl sites for hydroxylation is 2. The third-order valence-corrected chi connectivity index (χ3v) is 5.13. The number of thiazole rings is 1. The molecule has 0 saturated carbocycles. The van der Waals surface area contributed by atoms with E-state index in [-0.39, 0.29) is 30.7 Å². The summed E-state index contributed by atoms with van der Waals surface area (Å²) < 4.78 is 5.63. The summed E-state index contributed by atoms with van der Waals surface area (Å²) in [6.45, 7) is 8.13. The highest BCUT2D eigenvalue weighted by Gasteiger charge is 2.24.